The van der Waals surface area contributed by atoms with Gasteiger partial charge in [-0.3, -0.25) is 71.9 Å². The maximum Gasteiger partial charge on any atom is 0.245 e. The number of nitrogens with two attached hydrogens (primary N) is 5. The number of carbonyl (C=O) groups excluding carboxylic acids is 15. The second kappa shape index (κ2) is 46.7. The molecule has 0 aliphatic carbocycles. The number of primary amides is 2. The van der Waals surface area contributed by atoms with Gasteiger partial charge in [0.25, 0.3) is 0 Å². The van der Waals surface area contributed by atoms with Crippen LogP contribution < -0.4 is 97.8 Å². The number of benzene rings is 4. The zero-order chi connectivity index (χ0) is 82.7. The highest BCUT2D eigenvalue weighted by molar-refractivity contribution is 8.76. The summed E-state index contributed by atoms with van der Waals surface area (Å²) in [4.78, 5) is 216. The van der Waals surface area contributed by atoms with Gasteiger partial charge in [0.2, 0.25) is 88.6 Å². The average molecular weight is 1610 g/mol. The smallest absolute Gasteiger partial charge is 0.245 e. The van der Waals surface area contributed by atoms with E-state index in [2.05, 4.69) is 74.1 Å². The van der Waals surface area contributed by atoms with Crippen LogP contribution in [0.25, 0.3) is 10.9 Å². The lowest BCUT2D eigenvalue weighted by molar-refractivity contribution is -0.137. The van der Waals surface area contributed by atoms with Gasteiger partial charge in [0, 0.05) is 54.3 Å². The molecule has 2 heterocycles. The van der Waals surface area contributed by atoms with E-state index in [1.54, 1.807) is 121 Å². The summed E-state index contributed by atoms with van der Waals surface area (Å²) in [7, 11) is 1.68. The Morgan fingerprint density at radius 2 is 0.903 bits per heavy atom. The Hall–Kier alpha value is -11.0. The maximum atomic E-state index is 15.4. The Morgan fingerprint density at radius 1 is 0.487 bits per heavy atom. The minimum Gasteiger partial charge on any atom is -0.394 e. The molecule has 0 radical (unpaired) electrons. The van der Waals surface area contributed by atoms with Crippen LogP contribution in [0.4, 0.5) is 0 Å². The molecule has 0 saturated carbocycles. The fraction of sp³-hybridized carbons (Fsp3) is 0.453. The fourth-order valence-electron chi connectivity index (χ4n) is 11.7. The molecule has 4 aromatic carbocycles. The molecule has 26 N–H and O–H groups in total. The molecule has 612 valence electrons. The SMILES string of the molecule is C[C@H](N)C(=O)NCC(=O)N[C@H]1CSSC[C@@H](C(N)=O)NC(=O)[C@H](CO)NC(=O)[C@H](C)NC(=O)[C@H](Cc2ccccc2)NC(=O)[C@H]([C@@H](C)O)NC(=O)[C@H](CCCCN)NC(=O)[C@H](Cc2c[nH]c3ccccc23)NC(=O)[C@H](Cc2ccccc2)NC(=O)[C@H](Cc2ccccc2)NC(=O)[C@H](CC(N)=O)NC(=O)[C@H](CCCCN)NC1=O. The standard InChI is InChI=1S/C75H103N19O17S2/c1-41(78)64(100)82-37-61(98)84-59-40-113-112-39-58(63(80)99)93-73(109)57(38-95)92-65(101)42(2)83-68(104)52(31-44-19-7-4-8-20-44)91-75(111)62(43(3)96)94-67(103)51(28-16-18-30-77)85-71(107)55(34-47-36-81-49-26-14-13-25-48(47)49)89-70(106)54(33-46-23-11-6-12-24-46)87-69(105)53(32-45-21-9-5-10-22-45)88-72(108)56(35-60(79)97)90-66(102)50(86-74(59)110)27-15-17-29-76/h4-14,19-26,36,41-43,50-59,62,81,95-96H,15-18,27-35,37-40,76-78H2,1-3H3,(H2,79,97)(H2,80,99)(H,82,100)(H,83,104)(H,84,98)(H,85,107)(H,86,110)(H,87,105)(H,88,108)(H,89,106)(H,90,102)(H,91,111)(H,92,101)(H,93,109)(H,94,103)/t41-,42-,43+,50-,51-,52-,53-,54-,55-,56-,57-,58-,59-,62-/m0/s1. The van der Waals surface area contributed by atoms with Crippen molar-refractivity contribution in [3.05, 3.63) is 144 Å². The molecule has 6 rings (SSSR count). The second-order valence-corrected chi connectivity index (χ2v) is 29.7. The Bertz CT molecular complexity index is 4070. The van der Waals surface area contributed by atoms with Crippen LogP contribution in [-0.2, 0) is 97.6 Å². The number of H-pyrrole nitrogens is 1. The number of aliphatic hydroxyl groups excluding tert-OH is 2. The number of nitrogens with one attached hydrogen (secondary N) is 14. The second-order valence-electron chi connectivity index (χ2n) is 27.2. The first-order valence-electron chi connectivity index (χ1n) is 36.8. The summed E-state index contributed by atoms with van der Waals surface area (Å²) in [6.07, 6.45) is -1.29. The molecule has 1 aromatic heterocycles. The molecular weight excluding hydrogens is 1500 g/mol. The maximum absolute atomic E-state index is 15.4. The normalized spacial score (nSPS) is 23.7. The summed E-state index contributed by atoms with van der Waals surface area (Å²) in [5.41, 5.74) is 31.5. The van der Waals surface area contributed by atoms with Crippen molar-refractivity contribution in [3.8, 4) is 0 Å². The van der Waals surface area contributed by atoms with Gasteiger partial charge in [-0.2, -0.15) is 0 Å². The molecule has 113 heavy (non-hydrogen) atoms. The van der Waals surface area contributed by atoms with E-state index in [-0.39, 0.29) is 76.0 Å². The highest BCUT2D eigenvalue weighted by Gasteiger charge is 2.39. The van der Waals surface area contributed by atoms with Crippen LogP contribution in [0.15, 0.2) is 121 Å². The number of hydrogen-bond acceptors (Lipinski definition) is 22. The molecule has 1 aliphatic heterocycles. The lowest BCUT2D eigenvalue weighted by Crippen LogP contribution is -2.62. The Balaban J connectivity index is 1.45. The van der Waals surface area contributed by atoms with Crippen LogP contribution in [-0.4, -0.2) is 226 Å². The summed E-state index contributed by atoms with van der Waals surface area (Å²) in [5, 5.41) is 55.3. The van der Waals surface area contributed by atoms with E-state index in [1.165, 1.54) is 20.8 Å². The van der Waals surface area contributed by atoms with E-state index in [9.17, 15) is 67.7 Å². The quantitative estimate of drug-likeness (QED) is 0.0192. The molecule has 1 fully saturated rings. The van der Waals surface area contributed by atoms with E-state index in [1.807, 2.05) is 0 Å². The number of unbranched alkanes of at least 4 members (excludes halogenated alkanes) is 2. The number of rotatable bonds is 25. The molecule has 0 bridgehead atoms. The third kappa shape index (κ3) is 30.2. The van der Waals surface area contributed by atoms with Crippen molar-refractivity contribution in [1.82, 2.24) is 74.1 Å². The molecule has 1 saturated heterocycles. The Kier molecular flexibility index (Phi) is 37.6. The van der Waals surface area contributed by atoms with Gasteiger partial charge in [0.05, 0.1) is 31.7 Å². The molecule has 36 nitrogen and oxygen atoms in total. The van der Waals surface area contributed by atoms with E-state index in [0.29, 0.717) is 46.0 Å². The van der Waals surface area contributed by atoms with Crippen molar-refractivity contribution in [2.75, 3.05) is 37.7 Å². The van der Waals surface area contributed by atoms with Gasteiger partial charge in [-0.05, 0) is 101 Å². The highest BCUT2D eigenvalue weighted by atomic mass is 33.1. The molecular formula is C75H103N19O17S2. The van der Waals surface area contributed by atoms with Crippen molar-refractivity contribution in [2.24, 2.45) is 28.7 Å². The van der Waals surface area contributed by atoms with E-state index >= 15 is 14.4 Å². The largest absolute Gasteiger partial charge is 0.394 e. The monoisotopic (exact) mass is 1610 g/mol. The van der Waals surface area contributed by atoms with Crippen LogP contribution in [0.3, 0.4) is 0 Å². The summed E-state index contributed by atoms with van der Waals surface area (Å²) >= 11 is 0. The zero-order valence-electron chi connectivity index (χ0n) is 62.9. The van der Waals surface area contributed by atoms with Crippen LogP contribution in [0, 0.1) is 0 Å². The Morgan fingerprint density at radius 3 is 1.39 bits per heavy atom. The predicted octanol–water partition coefficient (Wildman–Crippen LogP) is -4.87. The van der Waals surface area contributed by atoms with Crippen molar-refractivity contribution in [1.29, 1.82) is 0 Å². The van der Waals surface area contributed by atoms with Crippen molar-refractivity contribution >= 4 is 121 Å². The number of carbonyl (C=O) groups is 15. The van der Waals surface area contributed by atoms with E-state index in [4.69, 9.17) is 28.7 Å². The third-order valence-corrected chi connectivity index (χ3v) is 20.4. The average Bonchev–Trinajstić information content (AvgIpc) is 1.72. The summed E-state index contributed by atoms with van der Waals surface area (Å²) in [6, 6.07) is 11.3. The predicted molar refractivity (Wildman–Crippen MR) is 420 cm³/mol. The van der Waals surface area contributed by atoms with Gasteiger partial charge in [-0.25, -0.2) is 0 Å². The van der Waals surface area contributed by atoms with Crippen LogP contribution in [0.2, 0.25) is 0 Å². The van der Waals surface area contributed by atoms with Crippen molar-refractivity contribution in [3.63, 3.8) is 0 Å². The molecule has 5 aromatic rings. The first kappa shape index (κ1) is 90.9. The number of aromatic amines is 1. The first-order chi connectivity index (χ1) is 54.0. The topological polar surface area (TPSA) is 599 Å². The Labute approximate surface area is 660 Å². The van der Waals surface area contributed by atoms with Crippen molar-refractivity contribution in [2.45, 2.75) is 176 Å². The summed E-state index contributed by atoms with van der Waals surface area (Å²) in [5.74, 6) is -16.1. The molecule has 15 amide bonds. The van der Waals surface area contributed by atoms with Gasteiger partial charge in [-0.15, -0.1) is 0 Å². The zero-order valence-corrected chi connectivity index (χ0v) is 64.5. The minimum atomic E-state index is -1.88. The van der Waals surface area contributed by atoms with Gasteiger partial charge < -0.3 is 113 Å². The molecule has 0 spiro atoms. The lowest BCUT2D eigenvalue weighted by Gasteiger charge is -2.29. The highest BCUT2D eigenvalue weighted by Crippen LogP contribution is 2.24. The summed E-state index contributed by atoms with van der Waals surface area (Å²) in [6.45, 7) is 2.26. The number of aliphatic hydroxyl groups is 2. The first-order valence-corrected chi connectivity index (χ1v) is 39.3. The molecule has 14 atom stereocenters. The summed E-state index contributed by atoms with van der Waals surface area (Å²) < 4.78 is 0. The number of fused-ring (bicyclic) bond motifs is 1. The molecule has 1 aliphatic rings. The molecule has 38 heteroatoms. The van der Waals surface area contributed by atoms with Gasteiger partial charge in [-0.1, -0.05) is 131 Å². The van der Waals surface area contributed by atoms with Gasteiger partial charge in [0.1, 0.15) is 72.5 Å². The number of hydrogen-bond donors (Lipinski definition) is 21. The van der Waals surface area contributed by atoms with Gasteiger partial charge >= 0.3 is 0 Å². The van der Waals surface area contributed by atoms with Crippen molar-refractivity contribution < 1.29 is 82.1 Å². The number of amides is 15. The van der Waals surface area contributed by atoms with Crippen LogP contribution in [0.1, 0.15) is 88.0 Å². The van der Waals surface area contributed by atoms with Crippen LogP contribution >= 0.6 is 21.6 Å². The fourth-order valence-corrected chi connectivity index (χ4v) is 14.1. The number of para-hydroxylation sites is 1. The minimum absolute atomic E-state index is 0.122. The third-order valence-electron chi connectivity index (χ3n) is 18.0. The van der Waals surface area contributed by atoms with E-state index < -0.39 is 193 Å². The lowest BCUT2D eigenvalue weighted by atomic mass is 10.00. The van der Waals surface area contributed by atoms with Crippen LogP contribution in [0.5, 0.6) is 0 Å². The molecule has 0 unspecified atom stereocenters. The van der Waals surface area contributed by atoms with Gasteiger partial charge in [0.15, 0.2) is 0 Å². The number of aromatic nitrogens is 1. The van der Waals surface area contributed by atoms with E-state index in [0.717, 1.165) is 21.6 Å².